The normalized spacial score (nSPS) is 10.6. The minimum atomic E-state index is -1.43. The second-order valence-corrected chi connectivity index (χ2v) is 6.80. The molecule has 31 heavy (non-hydrogen) atoms. The first-order chi connectivity index (χ1) is 15.0. The van der Waals surface area contributed by atoms with Crippen LogP contribution in [-0.4, -0.2) is 31.9 Å². The van der Waals surface area contributed by atoms with Gasteiger partial charge in [0.25, 0.3) is 5.91 Å². The van der Waals surface area contributed by atoms with E-state index in [0.717, 1.165) is 16.5 Å². The van der Waals surface area contributed by atoms with Gasteiger partial charge in [0, 0.05) is 48.8 Å². The number of amides is 1. The Morgan fingerprint density at radius 3 is 2.81 bits per heavy atom. The van der Waals surface area contributed by atoms with E-state index in [-0.39, 0.29) is 11.8 Å². The van der Waals surface area contributed by atoms with Gasteiger partial charge in [-0.1, -0.05) is 12.1 Å². The molecule has 4 rings (SSSR count). The summed E-state index contributed by atoms with van der Waals surface area (Å²) in [6, 6.07) is 15.9. The Labute approximate surface area is 177 Å². The number of para-hydroxylation sites is 1. The van der Waals surface area contributed by atoms with Crippen molar-refractivity contribution in [3.05, 3.63) is 78.1 Å². The predicted octanol–water partition coefficient (Wildman–Crippen LogP) is 3.89. The molecule has 2 heterocycles. The number of carboxylic acid groups (broad SMARTS) is 1. The van der Waals surface area contributed by atoms with E-state index in [1.807, 2.05) is 37.5 Å². The number of nitrogens with one attached hydrogen (secondary N) is 2. The molecule has 0 saturated heterocycles. The summed E-state index contributed by atoms with van der Waals surface area (Å²) in [5.74, 6) is -0.272. The topological polar surface area (TPSA) is 118 Å². The lowest BCUT2D eigenvalue weighted by molar-refractivity contribution is 0.102. The summed E-state index contributed by atoms with van der Waals surface area (Å²) in [7, 11) is 1.85. The molecular weight excluding hydrogens is 398 g/mol. The molecule has 0 aliphatic heterocycles. The Morgan fingerprint density at radius 2 is 1.97 bits per heavy atom. The fraction of sp³-hybridized carbons (Fsp3) is 0.0909. The van der Waals surface area contributed by atoms with E-state index in [4.69, 9.17) is 5.11 Å². The van der Waals surface area contributed by atoms with Gasteiger partial charge in [-0.15, -0.1) is 0 Å². The molecule has 0 saturated carbocycles. The number of anilines is 2. The fourth-order valence-corrected chi connectivity index (χ4v) is 3.15. The number of aryl methyl sites for hydroxylation is 1. The average Bonchev–Trinajstić information content (AvgIpc) is 3.11. The first-order valence-electron chi connectivity index (χ1n) is 9.41. The SMILES string of the molecule is Cn1cc2ccc(NC(=O)c3ccccc3NCc3ccnc(OC(=O)O)c3)cc2n1. The number of benzene rings is 2. The number of rotatable bonds is 6. The molecule has 0 aliphatic rings. The molecule has 2 aromatic carbocycles. The van der Waals surface area contributed by atoms with Crippen molar-refractivity contribution in [2.45, 2.75) is 6.54 Å². The molecule has 0 spiro atoms. The first-order valence-corrected chi connectivity index (χ1v) is 9.41. The van der Waals surface area contributed by atoms with Crippen molar-refractivity contribution in [1.29, 1.82) is 0 Å². The summed E-state index contributed by atoms with van der Waals surface area (Å²) in [5, 5.41) is 20.2. The van der Waals surface area contributed by atoms with Crippen LogP contribution in [0, 0.1) is 0 Å². The molecule has 0 bridgehead atoms. The molecule has 2 aromatic heterocycles. The molecule has 9 heteroatoms. The van der Waals surface area contributed by atoms with Crippen LogP contribution in [0.4, 0.5) is 16.2 Å². The molecule has 0 radical (unpaired) electrons. The molecule has 0 fully saturated rings. The van der Waals surface area contributed by atoms with Crippen LogP contribution in [0.25, 0.3) is 10.9 Å². The summed E-state index contributed by atoms with van der Waals surface area (Å²) in [5.41, 5.74) is 3.30. The van der Waals surface area contributed by atoms with Gasteiger partial charge >= 0.3 is 6.16 Å². The first kappa shape index (κ1) is 19.9. The van der Waals surface area contributed by atoms with Crippen molar-refractivity contribution >= 4 is 34.3 Å². The van der Waals surface area contributed by atoms with Crippen LogP contribution in [0.3, 0.4) is 0 Å². The van der Waals surface area contributed by atoms with E-state index in [0.29, 0.717) is 23.5 Å². The Bertz CT molecular complexity index is 1270. The lowest BCUT2D eigenvalue weighted by Crippen LogP contribution is -2.15. The van der Waals surface area contributed by atoms with Crippen molar-refractivity contribution < 1.29 is 19.4 Å². The van der Waals surface area contributed by atoms with Gasteiger partial charge in [0.1, 0.15) is 0 Å². The summed E-state index contributed by atoms with van der Waals surface area (Å²) in [6.07, 6.45) is 1.94. The van der Waals surface area contributed by atoms with E-state index in [1.165, 1.54) is 12.3 Å². The van der Waals surface area contributed by atoms with Crippen LogP contribution in [0.2, 0.25) is 0 Å². The molecule has 0 unspecified atom stereocenters. The number of carbonyl (C=O) groups is 2. The number of aromatic nitrogens is 3. The molecule has 9 nitrogen and oxygen atoms in total. The van der Waals surface area contributed by atoms with Crippen molar-refractivity contribution in [2.75, 3.05) is 10.6 Å². The number of ether oxygens (including phenoxy) is 1. The molecule has 1 amide bonds. The third kappa shape index (κ3) is 4.78. The van der Waals surface area contributed by atoms with Crippen LogP contribution in [0.5, 0.6) is 5.88 Å². The Morgan fingerprint density at radius 1 is 1.13 bits per heavy atom. The molecule has 3 N–H and O–H groups in total. The van der Waals surface area contributed by atoms with Gasteiger partial charge in [-0.25, -0.2) is 9.78 Å². The second-order valence-electron chi connectivity index (χ2n) is 6.80. The summed E-state index contributed by atoms with van der Waals surface area (Å²) in [6.45, 7) is 0.350. The van der Waals surface area contributed by atoms with Crippen LogP contribution in [0.15, 0.2) is 67.0 Å². The van der Waals surface area contributed by atoms with Crippen LogP contribution >= 0.6 is 0 Å². The van der Waals surface area contributed by atoms with Crippen LogP contribution in [0.1, 0.15) is 15.9 Å². The van der Waals surface area contributed by atoms with Crippen LogP contribution in [-0.2, 0) is 13.6 Å². The van der Waals surface area contributed by atoms with E-state index in [1.54, 1.807) is 28.9 Å². The van der Waals surface area contributed by atoms with Gasteiger partial charge in [0.2, 0.25) is 5.88 Å². The number of fused-ring (bicyclic) bond motifs is 1. The van der Waals surface area contributed by atoms with E-state index in [2.05, 4.69) is 25.5 Å². The van der Waals surface area contributed by atoms with E-state index in [9.17, 15) is 9.59 Å². The van der Waals surface area contributed by atoms with Gasteiger partial charge in [0.15, 0.2) is 0 Å². The van der Waals surface area contributed by atoms with Gasteiger partial charge < -0.3 is 20.5 Å². The zero-order chi connectivity index (χ0) is 21.8. The molecule has 156 valence electrons. The smallest absolute Gasteiger partial charge is 0.449 e. The molecular formula is C22H19N5O4. The van der Waals surface area contributed by atoms with Crippen LogP contribution < -0.4 is 15.4 Å². The third-order valence-corrected chi connectivity index (χ3v) is 4.53. The molecule has 0 aliphatic carbocycles. The monoisotopic (exact) mass is 417 g/mol. The van der Waals surface area contributed by atoms with Crippen molar-refractivity contribution in [1.82, 2.24) is 14.8 Å². The van der Waals surface area contributed by atoms with Crippen molar-refractivity contribution in [3.8, 4) is 5.88 Å². The summed E-state index contributed by atoms with van der Waals surface area (Å²) in [4.78, 5) is 27.4. The lowest BCUT2D eigenvalue weighted by atomic mass is 10.1. The molecule has 4 aromatic rings. The van der Waals surface area contributed by atoms with Gasteiger partial charge in [-0.05, 0) is 42.0 Å². The number of hydrogen-bond donors (Lipinski definition) is 3. The predicted molar refractivity (Wildman–Crippen MR) is 115 cm³/mol. The van der Waals surface area contributed by atoms with E-state index < -0.39 is 6.16 Å². The summed E-state index contributed by atoms with van der Waals surface area (Å²) < 4.78 is 6.30. The summed E-state index contributed by atoms with van der Waals surface area (Å²) >= 11 is 0. The van der Waals surface area contributed by atoms with Crippen molar-refractivity contribution in [2.24, 2.45) is 7.05 Å². The Hall–Kier alpha value is -4.40. The maximum absolute atomic E-state index is 12.9. The van der Waals surface area contributed by atoms with Gasteiger partial charge in [-0.3, -0.25) is 9.48 Å². The maximum atomic E-state index is 12.9. The minimum Gasteiger partial charge on any atom is -0.449 e. The maximum Gasteiger partial charge on any atom is 0.512 e. The Balaban J connectivity index is 1.48. The van der Waals surface area contributed by atoms with Gasteiger partial charge in [0.05, 0.1) is 11.1 Å². The largest absolute Gasteiger partial charge is 0.512 e. The number of hydrogen-bond acceptors (Lipinski definition) is 6. The molecule has 0 atom stereocenters. The average molecular weight is 417 g/mol. The highest BCUT2D eigenvalue weighted by Crippen LogP contribution is 2.21. The second kappa shape index (κ2) is 8.54. The fourth-order valence-electron chi connectivity index (χ4n) is 3.15. The minimum absolute atomic E-state index is 0.0114. The highest BCUT2D eigenvalue weighted by molar-refractivity contribution is 6.08. The highest BCUT2D eigenvalue weighted by Gasteiger charge is 2.12. The van der Waals surface area contributed by atoms with E-state index >= 15 is 0 Å². The zero-order valence-electron chi connectivity index (χ0n) is 16.6. The number of nitrogens with zero attached hydrogens (tertiary/aromatic N) is 3. The highest BCUT2D eigenvalue weighted by atomic mass is 16.7. The number of pyridine rings is 1. The standard InChI is InChI=1S/C22H19N5O4/c1-27-13-15-6-7-16(11-19(15)26-27)25-21(28)17-4-2-3-5-18(17)24-12-14-8-9-23-20(10-14)31-22(29)30/h2-11,13,24H,12H2,1H3,(H,25,28)(H,29,30). The Kier molecular flexibility index (Phi) is 5.48. The van der Waals surface area contributed by atoms with Crippen molar-refractivity contribution in [3.63, 3.8) is 0 Å². The van der Waals surface area contributed by atoms with Gasteiger partial charge in [-0.2, -0.15) is 5.10 Å². The number of carbonyl (C=O) groups excluding carboxylic acids is 1. The quantitative estimate of drug-likeness (QED) is 0.407. The zero-order valence-corrected chi connectivity index (χ0v) is 16.6. The third-order valence-electron chi connectivity index (χ3n) is 4.53. The lowest BCUT2D eigenvalue weighted by Gasteiger charge is -2.13.